The minimum Gasteiger partial charge on any atom is -0.394 e. The van der Waals surface area contributed by atoms with Gasteiger partial charge in [-0.15, -0.1) is 0 Å². The lowest BCUT2D eigenvalue weighted by atomic mass is 9.93. The van der Waals surface area contributed by atoms with Gasteiger partial charge in [-0.1, -0.05) is 0 Å². The molecule has 0 bridgehead atoms. The Morgan fingerprint density at radius 3 is 1.09 bits per heavy atom. The molecule has 40 atom stereocenters. The zero-order valence-corrected chi connectivity index (χ0v) is 54.2. The number of rotatable bonds is 25. The van der Waals surface area contributed by atoms with Crippen LogP contribution in [0, 0.1) is 0 Å². The highest BCUT2D eigenvalue weighted by atomic mass is 16.8. The van der Waals surface area contributed by atoms with Crippen LogP contribution in [0.25, 0.3) is 0 Å². The molecule has 0 aliphatic carbocycles. The van der Waals surface area contributed by atoms with Crippen molar-refractivity contribution in [3.8, 4) is 0 Å². The fourth-order valence-electron chi connectivity index (χ4n) is 12.8. The van der Waals surface area contributed by atoms with E-state index in [1.807, 2.05) is 0 Å². The number of carbonyl (C=O) groups excluding carboxylic acids is 4. The number of aliphatic hydroxyl groups is 21. The van der Waals surface area contributed by atoms with Crippen LogP contribution in [0.1, 0.15) is 34.6 Å². The zero-order chi connectivity index (χ0) is 73.8. The smallest absolute Gasteiger partial charge is 0.217 e. The third-order valence-corrected chi connectivity index (χ3v) is 18.2. The van der Waals surface area contributed by atoms with E-state index in [1.165, 1.54) is 6.92 Å². The average molecular weight is 1460 g/mol. The summed E-state index contributed by atoms with van der Waals surface area (Å²) in [7, 11) is 0. The number of amides is 4. The van der Waals surface area contributed by atoms with E-state index in [4.69, 9.17) is 71.1 Å². The number of hydrogen-bond acceptors (Lipinski definition) is 40. The average Bonchev–Trinajstić information content (AvgIpc) is 0.770. The molecular formula is C56H94N4O40. The highest BCUT2D eigenvalue weighted by Gasteiger charge is 2.60. The van der Waals surface area contributed by atoms with Crippen molar-refractivity contribution in [1.82, 2.24) is 21.3 Å². The summed E-state index contributed by atoms with van der Waals surface area (Å²) in [5.41, 5.74) is 0. The van der Waals surface area contributed by atoms with Crippen molar-refractivity contribution in [2.45, 2.75) is 280 Å². The van der Waals surface area contributed by atoms with Gasteiger partial charge in [0, 0.05) is 27.7 Å². The normalized spacial score (nSPS) is 48.7. The number of nitrogens with one attached hydrogen (secondary N) is 4. The summed E-state index contributed by atoms with van der Waals surface area (Å²) in [6, 6.07) is -7.10. The van der Waals surface area contributed by atoms with Gasteiger partial charge in [-0.2, -0.15) is 0 Å². The summed E-state index contributed by atoms with van der Waals surface area (Å²) in [6.45, 7) is -1.92. The van der Waals surface area contributed by atoms with E-state index < -0.39 is 315 Å². The van der Waals surface area contributed by atoms with Crippen LogP contribution in [0.3, 0.4) is 0 Å². The van der Waals surface area contributed by atoms with E-state index >= 15 is 0 Å². The Morgan fingerprint density at radius 2 is 0.620 bits per heavy atom. The Bertz CT molecular complexity index is 2620. The van der Waals surface area contributed by atoms with Crippen LogP contribution in [-0.4, -0.2) is 423 Å². The van der Waals surface area contributed by atoms with Gasteiger partial charge in [-0.05, 0) is 6.92 Å². The first-order chi connectivity index (χ1) is 47.2. The maximum atomic E-state index is 13.1. The number of aliphatic hydroxyl groups excluding tert-OH is 21. The molecule has 0 aromatic rings. The van der Waals surface area contributed by atoms with E-state index in [9.17, 15) is 126 Å². The highest BCUT2D eigenvalue weighted by molar-refractivity contribution is 5.74. The minimum absolute atomic E-state index is 0.809. The van der Waals surface area contributed by atoms with Crippen LogP contribution in [-0.2, 0) is 90.2 Å². The lowest BCUT2D eigenvalue weighted by Crippen LogP contribution is -2.71. The molecule has 25 N–H and O–H groups in total. The summed E-state index contributed by atoms with van der Waals surface area (Å²) < 4.78 is 88.8. The lowest BCUT2D eigenvalue weighted by Gasteiger charge is -2.51. The van der Waals surface area contributed by atoms with Crippen LogP contribution in [0.4, 0.5) is 0 Å². The molecule has 0 spiro atoms. The molecule has 8 saturated heterocycles. The topological polar surface area (TPSA) is 680 Å². The monoisotopic (exact) mass is 1460 g/mol. The van der Waals surface area contributed by atoms with Crippen molar-refractivity contribution in [2.24, 2.45) is 0 Å². The minimum atomic E-state index is -2.50. The molecule has 0 aromatic heterocycles. The van der Waals surface area contributed by atoms with Gasteiger partial charge < -0.3 is 200 Å². The van der Waals surface area contributed by atoms with Gasteiger partial charge in [0.1, 0.15) is 189 Å². The molecule has 8 aliphatic heterocycles. The Balaban J connectivity index is 1.14. The Morgan fingerprint density at radius 1 is 0.280 bits per heavy atom. The first kappa shape index (κ1) is 82.1. The number of carbonyl (C=O) groups is 4. The van der Waals surface area contributed by atoms with Crippen molar-refractivity contribution in [1.29, 1.82) is 0 Å². The van der Waals surface area contributed by atoms with Crippen LogP contribution in [0.2, 0.25) is 0 Å². The van der Waals surface area contributed by atoms with Crippen LogP contribution in [0.15, 0.2) is 0 Å². The molecule has 0 saturated carbocycles. The lowest BCUT2D eigenvalue weighted by molar-refractivity contribution is -0.396. The molecule has 100 heavy (non-hydrogen) atoms. The van der Waals surface area contributed by atoms with Gasteiger partial charge >= 0.3 is 0 Å². The summed E-state index contributed by atoms with van der Waals surface area (Å²) >= 11 is 0. The summed E-state index contributed by atoms with van der Waals surface area (Å²) in [6.07, 6.45) is -71.6. The van der Waals surface area contributed by atoms with Gasteiger partial charge in [0.05, 0.1) is 52.4 Å². The van der Waals surface area contributed by atoms with Crippen molar-refractivity contribution in [3.05, 3.63) is 0 Å². The third kappa shape index (κ3) is 18.3. The van der Waals surface area contributed by atoms with Crippen LogP contribution < -0.4 is 21.3 Å². The van der Waals surface area contributed by atoms with Crippen molar-refractivity contribution >= 4 is 23.6 Å². The number of ether oxygens (including phenoxy) is 15. The molecule has 44 heteroatoms. The molecule has 0 radical (unpaired) electrons. The van der Waals surface area contributed by atoms with Crippen molar-refractivity contribution in [3.63, 3.8) is 0 Å². The molecule has 0 unspecified atom stereocenters. The number of hydrogen-bond donors (Lipinski definition) is 25. The largest absolute Gasteiger partial charge is 0.394 e. The van der Waals surface area contributed by atoms with Gasteiger partial charge in [-0.25, -0.2) is 0 Å². The summed E-state index contributed by atoms with van der Waals surface area (Å²) in [5, 5.41) is 242. The molecule has 578 valence electrons. The Kier molecular flexibility index (Phi) is 29.3. The molecule has 44 nitrogen and oxygen atoms in total. The fraction of sp³-hybridized carbons (Fsp3) is 0.929. The molecule has 8 rings (SSSR count). The molecule has 8 heterocycles. The highest BCUT2D eigenvalue weighted by Crippen LogP contribution is 2.38. The van der Waals surface area contributed by atoms with E-state index in [2.05, 4.69) is 21.3 Å². The standard InChI is InChI=1S/C56H94N4O40/c1-13-29(70)39(80)42(83)53(88-13)86-12-24-45(37(78)25(49(85)89-24)57-14(2)66)96-52-28(60-17(5)69)38(79)44(22(10-65)94-52)97-54-43(84)46(98-56-48(41(82)33(74)21(9-64)93-56)100-51-27(59-16(4)68)36(77)31(72)19(7-62)91-51)34(75)23(95-54)11-87-55-47(40(81)32(73)20(8-63)92-55)99-50-26(58-15(3)67)35(76)30(71)18(6-61)90-50/h13,18-56,61-65,70-85H,6-12H2,1-5H3,(H,57,66)(H,58,67)(H,59,68)(H,60,69)/t13-,18+,19+,20+,21+,22+,23+,24+,25+,26+,27+,28+,29+,30+,31+,32+,33+,34+,35+,36+,37+,38+,39+,40-,41-,42-,43-,44+,45+,46-,47-,48-,49+,50-,51-,52-,53+,54-,55-,56+/m0/s1. The van der Waals surface area contributed by atoms with Gasteiger partial charge in [0.15, 0.2) is 50.3 Å². The first-order valence-corrected chi connectivity index (χ1v) is 32.0. The van der Waals surface area contributed by atoms with Crippen molar-refractivity contribution in [2.75, 3.05) is 46.2 Å². The zero-order valence-electron chi connectivity index (χ0n) is 54.2. The summed E-state index contributed by atoms with van der Waals surface area (Å²) in [5.74, 6) is -3.42. The predicted octanol–water partition coefficient (Wildman–Crippen LogP) is -16.8. The van der Waals surface area contributed by atoms with Crippen LogP contribution >= 0.6 is 0 Å². The fourth-order valence-corrected chi connectivity index (χ4v) is 12.8. The van der Waals surface area contributed by atoms with Crippen LogP contribution in [0.5, 0.6) is 0 Å². The predicted molar refractivity (Wildman–Crippen MR) is 309 cm³/mol. The van der Waals surface area contributed by atoms with E-state index in [0.29, 0.717) is 0 Å². The quantitative estimate of drug-likeness (QED) is 0.0404. The molecular weight excluding hydrogens is 1370 g/mol. The van der Waals surface area contributed by atoms with Gasteiger partial charge in [0.2, 0.25) is 23.6 Å². The molecule has 0 aromatic carbocycles. The maximum absolute atomic E-state index is 13.1. The SMILES string of the molecule is CC(=O)N[C@@H]1[C@@H](O)[C@H](O[C@@H]2O[C@H](CO)[C@@H](O[C@@H]3O[C@H](CO[C@H]4O[C@H](CO)[C@@H](O)[C@H](O)[C@@H]4O[C@@H]4O[C@H](CO)[C@@H](O)[C@H](O)[C@H]4NC(C)=O)[C@@H](O)[C@H](O[C@H]4O[C@H](CO)[C@@H](O)[C@H](O)[C@@H]4O[C@@H]4O[C@H](CO)[C@@H](O)[C@H](O)[C@H]4NC(C)=O)[C@@H]3O)[C@H](O)[C@H]2NC(C)=O)[C@@H](CO[C@@H]2O[C@@H](C)[C@@H](O)[C@@H](O)[C@@H]2O)O[C@H]1O. The van der Waals surface area contributed by atoms with E-state index in [0.717, 1.165) is 27.7 Å². The van der Waals surface area contributed by atoms with Crippen molar-refractivity contribution < 1.29 is 197 Å². The maximum Gasteiger partial charge on any atom is 0.217 e. The van der Waals surface area contributed by atoms with Gasteiger partial charge in [0.25, 0.3) is 0 Å². The third-order valence-electron chi connectivity index (χ3n) is 18.2. The Hall–Kier alpha value is -3.56. The first-order valence-electron chi connectivity index (χ1n) is 32.0. The van der Waals surface area contributed by atoms with E-state index in [-0.39, 0.29) is 0 Å². The summed E-state index contributed by atoms with van der Waals surface area (Å²) in [4.78, 5) is 50.2. The molecule has 8 fully saturated rings. The second kappa shape index (κ2) is 35.7. The Labute approximate surface area is 567 Å². The molecule has 8 aliphatic rings. The second-order valence-corrected chi connectivity index (χ2v) is 25.4. The molecule has 4 amide bonds. The van der Waals surface area contributed by atoms with E-state index in [1.54, 1.807) is 0 Å². The second-order valence-electron chi connectivity index (χ2n) is 25.4. The van der Waals surface area contributed by atoms with Gasteiger partial charge in [-0.3, -0.25) is 19.2 Å².